The van der Waals surface area contributed by atoms with Crippen LogP contribution in [-0.2, 0) is 0 Å². The Morgan fingerprint density at radius 1 is 1.24 bits per heavy atom. The molecule has 0 saturated carbocycles. The zero-order valence-corrected chi connectivity index (χ0v) is 13.5. The molecular formula is C16H22N2O2S. The highest BCUT2D eigenvalue weighted by atomic mass is 32.1. The van der Waals surface area contributed by atoms with Crippen molar-refractivity contribution in [1.82, 2.24) is 0 Å². The number of anilines is 2. The summed E-state index contributed by atoms with van der Waals surface area (Å²) in [6, 6.07) is 8.16. The van der Waals surface area contributed by atoms with Crippen molar-refractivity contribution in [3.63, 3.8) is 0 Å². The van der Waals surface area contributed by atoms with Gasteiger partial charge in [-0.25, -0.2) is 0 Å². The molecule has 1 aromatic carbocycles. The van der Waals surface area contributed by atoms with Crippen molar-refractivity contribution in [1.29, 1.82) is 0 Å². The molecule has 0 radical (unpaired) electrons. The monoisotopic (exact) mass is 306 g/mol. The van der Waals surface area contributed by atoms with Crippen LogP contribution >= 0.6 is 11.3 Å². The van der Waals surface area contributed by atoms with Gasteiger partial charge >= 0.3 is 0 Å². The van der Waals surface area contributed by atoms with Gasteiger partial charge in [-0.05, 0) is 17.9 Å². The van der Waals surface area contributed by atoms with E-state index in [9.17, 15) is 0 Å². The Hall–Kier alpha value is -1.88. The average Bonchev–Trinajstić information content (AvgIpc) is 3.02. The second kappa shape index (κ2) is 7.22. The van der Waals surface area contributed by atoms with Crippen LogP contribution in [0, 0.1) is 0 Å². The summed E-state index contributed by atoms with van der Waals surface area (Å²) in [6.07, 6.45) is 2.15. The molecule has 3 N–H and O–H groups in total. The summed E-state index contributed by atoms with van der Waals surface area (Å²) in [6.45, 7) is 2.18. The summed E-state index contributed by atoms with van der Waals surface area (Å²) in [5.41, 5.74) is 7.66. The normalized spacial score (nSPS) is 12.0. The first-order chi connectivity index (χ1) is 10.2. The lowest BCUT2D eigenvalue weighted by molar-refractivity contribution is 0.355. The van der Waals surface area contributed by atoms with Gasteiger partial charge in [0.05, 0.1) is 31.6 Å². The third-order valence-electron chi connectivity index (χ3n) is 3.35. The predicted molar refractivity (Wildman–Crippen MR) is 89.5 cm³/mol. The van der Waals surface area contributed by atoms with Gasteiger partial charge in [-0.2, -0.15) is 0 Å². The molecule has 0 aliphatic heterocycles. The van der Waals surface area contributed by atoms with Crippen molar-refractivity contribution in [3.05, 3.63) is 34.5 Å². The number of ether oxygens (including phenoxy) is 2. The molecule has 4 nitrogen and oxygen atoms in total. The van der Waals surface area contributed by atoms with Crippen LogP contribution < -0.4 is 20.5 Å². The number of methoxy groups -OCH3 is 2. The molecular weight excluding hydrogens is 284 g/mol. The topological polar surface area (TPSA) is 56.5 Å². The van der Waals surface area contributed by atoms with E-state index in [0.717, 1.165) is 18.5 Å². The maximum absolute atomic E-state index is 6.12. The highest BCUT2D eigenvalue weighted by Gasteiger charge is 2.15. The van der Waals surface area contributed by atoms with E-state index in [1.165, 1.54) is 4.88 Å². The van der Waals surface area contributed by atoms with Gasteiger partial charge in [0, 0.05) is 17.0 Å². The molecule has 1 heterocycles. The number of benzene rings is 1. The zero-order chi connectivity index (χ0) is 15.2. The largest absolute Gasteiger partial charge is 0.493 e. The van der Waals surface area contributed by atoms with Crippen LogP contribution in [0.5, 0.6) is 11.5 Å². The molecule has 2 aromatic rings. The number of rotatable bonds is 7. The van der Waals surface area contributed by atoms with E-state index < -0.39 is 0 Å². The molecule has 5 heteroatoms. The van der Waals surface area contributed by atoms with Crippen molar-refractivity contribution in [3.8, 4) is 11.5 Å². The minimum Gasteiger partial charge on any atom is -0.493 e. The van der Waals surface area contributed by atoms with Crippen molar-refractivity contribution >= 4 is 22.7 Å². The molecule has 21 heavy (non-hydrogen) atoms. The van der Waals surface area contributed by atoms with Gasteiger partial charge in [-0.3, -0.25) is 0 Å². The third-order valence-corrected chi connectivity index (χ3v) is 4.34. The summed E-state index contributed by atoms with van der Waals surface area (Å²) in [5.74, 6) is 1.32. The van der Waals surface area contributed by atoms with Crippen LogP contribution in [-0.4, -0.2) is 14.2 Å². The molecule has 0 aliphatic carbocycles. The number of hydrogen-bond donors (Lipinski definition) is 2. The van der Waals surface area contributed by atoms with Gasteiger partial charge < -0.3 is 20.5 Å². The molecule has 0 fully saturated rings. The van der Waals surface area contributed by atoms with Crippen LogP contribution in [0.1, 0.15) is 30.7 Å². The molecule has 114 valence electrons. The fraction of sp³-hybridized carbons (Fsp3) is 0.375. The summed E-state index contributed by atoms with van der Waals surface area (Å²) >= 11 is 1.75. The van der Waals surface area contributed by atoms with Crippen LogP contribution in [0.2, 0.25) is 0 Å². The summed E-state index contributed by atoms with van der Waals surface area (Å²) in [5, 5.41) is 5.62. The van der Waals surface area contributed by atoms with Crippen molar-refractivity contribution in [2.24, 2.45) is 0 Å². The van der Waals surface area contributed by atoms with Gasteiger partial charge in [-0.1, -0.05) is 19.4 Å². The molecule has 0 aliphatic rings. The molecule has 2 rings (SSSR count). The van der Waals surface area contributed by atoms with E-state index in [1.807, 2.05) is 6.07 Å². The highest BCUT2D eigenvalue weighted by Crippen LogP contribution is 2.37. The lowest BCUT2D eigenvalue weighted by Crippen LogP contribution is -2.11. The van der Waals surface area contributed by atoms with Gasteiger partial charge in [0.25, 0.3) is 0 Å². The van der Waals surface area contributed by atoms with Crippen molar-refractivity contribution in [2.45, 2.75) is 25.8 Å². The molecule has 1 unspecified atom stereocenters. The Kier molecular flexibility index (Phi) is 5.33. The molecule has 1 aromatic heterocycles. The first-order valence-electron chi connectivity index (χ1n) is 7.01. The van der Waals surface area contributed by atoms with E-state index in [-0.39, 0.29) is 6.04 Å². The first-order valence-corrected chi connectivity index (χ1v) is 7.89. The number of hydrogen-bond acceptors (Lipinski definition) is 5. The van der Waals surface area contributed by atoms with Crippen LogP contribution in [0.4, 0.5) is 11.4 Å². The Bertz CT molecular complexity index is 570. The van der Waals surface area contributed by atoms with E-state index in [1.54, 1.807) is 31.6 Å². The fourth-order valence-electron chi connectivity index (χ4n) is 2.27. The van der Waals surface area contributed by atoms with Gasteiger partial charge in [0.15, 0.2) is 11.5 Å². The summed E-state index contributed by atoms with van der Waals surface area (Å²) in [7, 11) is 3.23. The Morgan fingerprint density at radius 3 is 2.52 bits per heavy atom. The predicted octanol–water partition coefficient (Wildman–Crippen LogP) is 4.30. The fourth-order valence-corrected chi connectivity index (χ4v) is 3.08. The Balaban J connectivity index is 2.28. The zero-order valence-electron chi connectivity index (χ0n) is 12.7. The number of nitrogens with two attached hydrogens (primary N) is 1. The van der Waals surface area contributed by atoms with E-state index >= 15 is 0 Å². The second-order valence-corrected chi connectivity index (χ2v) is 5.77. The molecule has 0 spiro atoms. The maximum atomic E-state index is 6.12. The lowest BCUT2D eigenvalue weighted by Gasteiger charge is -2.20. The average molecular weight is 306 g/mol. The third kappa shape index (κ3) is 3.61. The summed E-state index contributed by atoms with van der Waals surface area (Å²) < 4.78 is 10.6. The molecule has 0 bridgehead atoms. The Morgan fingerprint density at radius 2 is 1.95 bits per heavy atom. The van der Waals surface area contributed by atoms with Crippen LogP contribution in [0.15, 0.2) is 29.6 Å². The van der Waals surface area contributed by atoms with Gasteiger partial charge in [0.2, 0.25) is 0 Å². The van der Waals surface area contributed by atoms with Gasteiger partial charge in [0.1, 0.15) is 0 Å². The number of nitrogen functional groups attached to an aromatic ring is 1. The molecule has 0 saturated heterocycles. The minimum atomic E-state index is 0.260. The van der Waals surface area contributed by atoms with Gasteiger partial charge in [-0.15, -0.1) is 11.3 Å². The number of nitrogens with one attached hydrogen (secondary N) is 1. The highest BCUT2D eigenvalue weighted by molar-refractivity contribution is 7.10. The Labute approximate surface area is 129 Å². The van der Waals surface area contributed by atoms with E-state index in [0.29, 0.717) is 17.2 Å². The minimum absolute atomic E-state index is 0.260. The maximum Gasteiger partial charge on any atom is 0.162 e. The van der Waals surface area contributed by atoms with Crippen molar-refractivity contribution in [2.75, 3.05) is 25.3 Å². The standard InChI is InChI=1S/C16H22N2O2S/c1-4-6-12(16-7-5-8-21-16)18-13-10-15(20-3)14(19-2)9-11(13)17/h5,7-10,12,18H,4,6,17H2,1-3H3. The van der Waals surface area contributed by atoms with E-state index in [4.69, 9.17) is 15.2 Å². The summed E-state index contributed by atoms with van der Waals surface area (Å²) in [4.78, 5) is 1.31. The van der Waals surface area contributed by atoms with E-state index in [2.05, 4.69) is 29.8 Å². The molecule has 0 amide bonds. The van der Waals surface area contributed by atoms with Crippen molar-refractivity contribution < 1.29 is 9.47 Å². The number of thiophene rings is 1. The van der Waals surface area contributed by atoms with Crippen LogP contribution in [0.3, 0.4) is 0 Å². The quantitative estimate of drug-likeness (QED) is 0.749. The smallest absolute Gasteiger partial charge is 0.162 e. The first kappa shape index (κ1) is 15.5. The second-order valence-electron chi connectivity index (χ2n) is 4.80. The SMILES string of the molecule is CCCC(Nc1cc(OC)c(OC)cc1N)c1cccs1. The van der Waals surface area contributed by atoms with Crippen LogP contribution in [0.25, 0.3) is 0 Å². The molecule has 1 atom stereocenters. The lowest BCUT2D eigenvalue weighted by atomic mass is 10.1.